The first-order valence-electron chi connectivity index (χ1n) is 6.61. The molecule has 0 fully saturated rings. The fourth-order valence-corrected chi connectivity index (χ4v) is 2.15. The Labute approximate surface area is 131 Å². The van der Waals surface area contributed by atoms with Gasteiger partial charge in [0.05, 0.1) is 0 Å². The highest BCUT2D eigenvalue weighted by Gasteiger charge is 2.19. The first-order valence-corrected chi connectivity index (χ1v) is 7.04. The summed E-state index contributed by atoms with van der Waals surface area (Å²) in [6.45, 7) is 0. The number of hydrogen-bond donors (Lipinski definition) is 1. The van der Waals surface area contributed by atoms with E-state index in [9.17, 15) is 4.79 Å². The highest BCUT2D eigenvalue weighted by Crippen LogP contribution is 2.24. The second-order valence-corrected chi connectivity index (χ2v) is 5.01. The zero-order valence-electron chi connectivity index (χ0n) is 11.4. The van der Waals surface area contributed by atoms with Gasteiger partial charge >= 0.3 is 0 Å². The topological polar surface area (TPSA) is 68.0 Å². The maximum absolute atomic E-state index is 12.1. The van der Waals surface area contributed by atoms with E-state index in [2.05, 4.69) is 15.5 Å². The lowest BCUT2D eigenvalue weighted by Crippen LogP contribution is -2.16. The van der Waals surface area contributed by atoms with Crippen molar-refractivity contribution in [3.63, 3.8) is 0 Å². The van der Waals surface area contributed by atoms with E-state index in [1.807, 2.05) is 18.2 Å². The molecule has 0 aliphatic rings. The average molecular weight is 314 g/mol. The van der Waals surface area contributed by atoms with Gasteiger partial charge in [-0.05, 0) is 17.7 Å². The maximum atomic E-state index is 12.1. The zero-order chi connectivity index (χ0) is 15.4. The van der Waals surface area contributed by atoms with E-state index in [0.29, 0.717) is 5.69 Å². The summed E-state index contributed by atoms with van der Waals surface area (Å²) in [4.78, 5) is 16.1. The minimum absolute atomic E-state index is 0.249. The molecule has 22 heavy (non-hydrogen) atoms. The number of carbonyl (C=O) groups is 1. The Balaban J connectivity index is 1.71. The number of rotatable bonds is 4. The highest BCUT2D eigenvalue weighted by molar-refractivity contribution is 6.32. The van der Waals surface area contributed by atoms with Gasteiger partial charge in [-0.1, -0.05) is 35.5 Å². The third kappa shape index (κ3) is 3.15. The SMILES string of the molecule is O=C(Nc1cc(-c2ccncc2)no1)C(Cl)c1ccccc1. The summed E-state index contributed by atoms with van der Waals surface area (Å²) in [5.41, 5.74) is 2.18. The Morgan fingerprint density at radius 3 is 2.59 bits per heavy atom. The van der Waals surface area contributed by atoms with Crippen LogP contribution in [0, 0.1) is 0 Å². The van der Waals surface area contributed by atoms with Crippen molar-refractivity contribution in [1.29, 1.82) is 0 Å². The summed E-state index contributed by atoms with van der Waals surface area (Å²) < 4.78 is 5.11. The molecule has 1 unspecified atom stereocenters. The van der Waals surface area contributed by atoms with Gasteiger partial charge in [0, 0.05) is 24.0 Å². The second-order valence-electron chi connectivity index (χ2n) is 4.57. The van der Waals surface area contributed by atoms with E-state index in [0.717, 1.165) is 11.1 Å². The molecule has 0 saturated heterocycles. The van der Waals surface area contributed by atoms with Crippen molar-refractivity contribution < 1.29 is 9.32 Å². The van der Waals surface area contributed by atoms with Crippen molar-refractivity contribution >= 4 is 23.4 Å². The third-order valence-corrected chi connectivity index (χ3v) is 3.51. The fourth-order valence-electron chi connectivity index (χ4n) is 1.95. The molecule has 110 valence electrons. The molecular weight excluding hydrogens is 302 g/mol. The summed E-state index contributed by atoms with van der Waals surface area (Å²) in [5.74, 6) is -0.122. The third-order valence-electron chi connectivity index (χ3n) is 3.06. The molecule has 5 nitrogen and oxygen atoms in total. The van der Waals surface area contributed by atoms with Crippen LogP contribution in [0.4, 0.5) is 5.88 Å². The van der Waals surface area contributed by atoms with Crippen LogP contribution in [0.2, 0.25) is 0 Å². The molecule has 0 saturated carbocycles. The van der Waals surface area contributed by atoms with Crippen LogP contribution >= 0.6 is 11.6 Å². The van der Waals surface area contributed by atoms with E-state index in [1.54, 1.807) is 42.7 Å². The smallest absolute Gasteiger partial charge is 0.249 e. The van der Waals surface area contributed by atoms with Crippen LogP contribution in [0.25, 0.3) is 11.3 Å². The molecule has 0 spiro atoms. The zero-order valence-corrected chi connectivity index (χ0v) is 12.2. The molecule has 6 heteroatoms. The van der Waals surface area contributed by atoms with Gasteiger partial charge in [0.2, 0.25) is 11.8 Å². The number of carbonyl (C=O) groups excluding carboxylic acids is 1. The Morgan fingerprint density at radius 2 is 1.86 bits per heavy atom. The monoisotopic (exact) mass is 313 g/mol. The minimum Gasteiger partial charge on any atom is -0.338 e. The van der Waals surface area contributed by atoms with Gasteiger partial charge < -0.3 is 4.52 Å². The number of aromatic nitrogens is 2. The first kappa shape index (κ1) is 14.3. The molecule has 1 atom stereocenters. The summed E-state index contributed by atoms with van der Waals surface area (Å²) in [6.07, 6.45) is 3.32. The number of nitrogens with one attached hydrogen (secondary N) is 1. The molecule has 0 aliphatic heterocycles. The van der Waals surface area contributed by atoms with Gasteiger partial charge in [0.15, 0.2) is 0 Å². The van der Waals surface area contributed by atoms with Gasteiger partial charge in [-0.25, -0.2) is 0 Å². The molecule has 1 aromatic carbocycles. The normalized spacial score (nSPS) is 11.9. The Kier molecular flexibility index (Phi) is 4.16. The number of anilines is 1. The van der Waals surface area contributed by atoms with Crippen LogP contribution in [-0.2, 0) is 4.79 Å². The number of hydrogen-bond acceptors (Lipinski definition) is 4. The molecule has 0 radical (unpaired) electrons. The van der Waals surface area contributed by atoms with Crippen molar-refractivity contribution in [3.8, 4) is 11.3 Å². The maximum Gasteiger partial charge on any atom is 0.249 e. The lowest BCUT2D eigenvalue weighted by atomic mass is 10.1. The average Bonchev–Trinajstić information content (AvgIpc) is 3.04. The molecular formula is C16H12ClN3O2. The van der Waals surface area contributed by atoms with E-state index in [-0.39, 0.29) is 11.8 Å². The number of amides is 1. The molecule has 1 N–H and O–H groups in total. The molecule has 2 heterocycles. The Hall–Kier alpha value is -2.66. The van der Waals surface area contributed by atoms with Gasteiger partial charge in [-0.3, -0.25) is 15.1 Å². The van der Waals surface area contributed by atoms with Crippen LogP contribution in [0.15, 0.2) is 65.4 Å². The van der Waals surface area contributed by atoms with Crippen molar-refractivity contribution in [2.24, 2.45) is 0 Å². The standard InChI is InChI=1S/C16H12ClN3O2/c17-15(12-4-2-1-3-5-12)16(21)19-14-10-13(20-22-14)11-6-8-18-9-7-11/h1-10,15H,(H,19,21). The van der Waals surface area contributed by atoms with Crippen LogP contribution in [0.1, 0.15) is 10.9 Å². The van der Waals surface area contributed by atoms with E-state index < -0.39 is 5.38 Å². The second kappa shape index (κ2) is 6.41. The van der Waals surface area contributed by atoms with Crippen LogP contribution in [0.5, 0.6) is 0 Å². The summed E-state index contributed by atoms with van der Waals surface area (Å²) in [7, 11) is 0. The summed E-state index contributed by atoms with van der Waals surface area (Å²) in [6, 6.07) is 14.3. The Morgan fingerprint density at radius 1 is 1.14 bits per heavy atom. The highest BCUT2D eigenvalue weighted by atomic mass is 35.5. The van der Waals surface area contributed by atoms with E-state index >= 15 is 0 Å². The molecule has 3 aromatic rings. The van der Waals surface area contributed by atoms with Gasteiger partial charge in [-0.15, -0.1) is 11.6 Å². The number of halogens is 1. The Bertz CT molecular complexity index is 759. The largest absolute Gasteiger partial charge is 0.338 e. The lowest BCUT2D eigenvalue weighted by Gasteiger charge is -2.08. The predicted octanol–water partition coefficient (Wildman–Crippen LogP) is 3.66. The van der Waals surface area contributed by atoms with Crippen LogP contribution < -0.4 is 5.32 Å². The predicted molar refractivity (Wildman–Crippen MR) is 83.4 cm³/mol. The van der Waals surface area contributed by atoms with Crippen molar-refractivity contribution in [2.75, 3.05) is 5.32 Å². The first-order chi connectivity index (χ1) is 10.7. The van der Waals surface area contributed by atoms with Crippen molar-refractivity contribution in [2.45, 2.75) is 5.38 Å². The number of alkyl halides is 1. The van der Waals surface area contributed by atoms with E-state index in [4.69, 9.17) is 16.1 Å². The number of benzene rings is 1. The van der Waals surface area contributed by atoms with Crippen LogP contribution in [-0.4, -0.2) is 16.0 Å². The number of pyridine rings is 1. The number of nitrogens with zero attached hydrogens (tertiary/aromatic N) is 2. The van der Waals surface area contributed by atoms with Gasteiger partial charge in [-0.2, -0.15) is 0 Å². The quantitative estimate of drug-likeness (QED) is 0.746. The molecule has 0 bridgehead atoms. The van der Waals surface area contributed by atoms with Crippen LogP contribution in [0.3, 0.4) is 0 Å². The van der Waals surface area contributed by atoms with Gasteiger partial charge in [0.1, 0.15) is 11.1 Å². The lowest BCUT2D eigenvalue weighted by molar-refractivity contribution is -0.116. The van der Waals surface area contributed by atoms with E-state index in [1.165, 1.54) is 0 Å². The molecule has 2 aromatic heterocycles. The minimum atomic E-state index is -0.796. The van der Waals surface area contributed by atoms with Crippen molar-refractivity contribution in [3.05, 3.63) is 66.5 Å². The van der Waals surface area contributed by atoms with Gasteiger partial charge in [0.25, 0.3) is 0 Å². The van der Waals surface area contributed by atoms with Crippen molar-refractivity contribution in [1.82, 2.24) is 10.1 Å². The molecule has 3 rings (SSSR count). The fraction of sp³-hybridized carbons (Fsp3) is 0.0625. The summed E-state index contributed by atoms with van der Waals surface area (Å²) >= 11 is 6.15. The summed E-state index contributed by atoms with van der Waals surface area (Å²) in [5, 5.41) is 5.73. The molecule has 1 amide bonds. The molecule has 0 aliphatic carbocycles.